The molecule has 0 radical (unpaired) electrons. The number of carbonyl (C=O) groups excluding carboxylic acids is 2. The monoisotopic (exact) mass is 411 g/mol. The van der Waals surface area contributed by atoms with Gasteiger partial charge in [-0.1, -0.05) is 24.3 Å². The van der Waals surface area contributed by atoms with Gasteiger partial charge in [-0.3, -0.25) is 9.59 Å². The van der Waals surface area contributed by atoms with E-state index in [1.54, 1.807) is 17.0 Å². The number of fused-ring (bicyclic) bond motifs is 1. The zero-order valence-corrected chi connectivity index (χ0v) is 17.5. The predicted octanol–water partition coefficient (Wildman–Crippen LogP) is -0.152. The topological polar surface area (TPSA) is 73.5 Å². The summed E-state index contributed by atoms with van der Waals surface area (Å²) >= 11 is 0. The maximum Gasteiger partial charge on any atom is 0.279 e. The number of hydrogen-bond donors (Lipinski definition) is 3. The van der Waals surface area contributed by atoms with Crippen molar-refractivity contribution < 1.29 is 28.9 Å². The van der Waals surface area contributed by atoms with Crippen molar-refractivity contribution in [2.24, 2.45) is 0 Å². The normalized spacial score (nSPS) is 20.1. The largest absolute Gasteiger partial charge is 0.454 e. The van der Waals surface area contributed by atoms with Gasteiger partial charge in [0.2, 0.25) is 6.79 Å². The molecule has 2 aliphatic rings. The van der Waals surface area contributed by atoms with Crippen molar-refractivity contribution in [1.29, 1.82) is 0 Å². The lowest BCUT2D eigenvalue weighted by Gasteiger charge is -2.29. The lowest BCUT2D eigenvalue weighted by molar-refractivity contribution is -1.02. The van der Waals surface area contributed by atoms with Gasteiger partial charge < -0.3 is 24.6 Å². The van der Waals surface area contributed by atoms with Crippen molar-refractivity contribution in [2.75, 3.05) is 44.8 Å². The van der Waals surface area contributed by atoms with E-state index < -0.39 is 0 Å². The molecule has 1 saturated heterocycles. The van der Waals surface area contributed by atoms with Crippen molar-refractivity contribution in [3.63, 3.8) is 0 Å². The van der Waals surface area contributed by atoms with Gasteiger partial charge in [0.25, 0.3) is 5.91 Å². The number of piperazine rings is 1. The zero-order valence-electron chi connectivity index (χ0n) is 17.5. The predicted molar refractivity (Wildman–Crippen MR) is 112 cm³/mol. The number of quaternary nitrogens is 2. The number of amides is 1. The van der Waals surface area contributed by atoms with Gasteiger partial charge in [0.1, 0.15) is 32.7 Å². The fraction of sp³-hybridized carbons (Fsp3) is 0.391. The minimum atomic E-state index is -0.121. The number of nitrogens with one attached hydrogen (secondary N) is 3. The van der Waals surface area contributed by atoms with Gasteiger partial charge >= 0.3 is 0 Å². The van der Waals surface area contributed by atoms with Crippen LogP contribution in [-0.4, -0.2) is 51.2 Å². The molecular formula is C23H29N3O4+2. The molecule has 0 aliphatic carbocycles. The fourth-order valence-electron chi connectivity index (χ4n) is 4.15. The van der Waals surface area contributed by atoms with E-state index in [9.17, 15) is 9.59 Å². The van der Waals surface area contributed by atoms with E-state index in [1.807, 2.05) is 0 Å². The molecule has 0 atom stereocenters. The van der Waals surface area contributed by atoms with E-state index in [0.717, 1.165) is 32.7 Å². The Morgan fingerprint density at radius 2 is 1.67 bits per heavy atom. The molecule has 7 nitrogen and oxygen atoms in total. The maximum absolute atomic E-state index is 12.7. The number of aryl methyl sites for hydroxylation is 1. The van der Waals surface area contributed by atoms with Crippen LogP contribution >= 0.6 is 0 Å². The van der Waals surface area contributed by atoms with Crippen LogP contribution in [0.15, 0.2) is 36.4 Å². The van der Waals surface area contributed by atoms with Gasteiger partial charge in [0.15, 0.2) is 23.8 Å². The summed E-state index contributed by atoms with van der Waals surface area (Å²) in [5.74, 6) is 0.880. The summed E-state index contributed by atoms with van der Waals surface area (Å²) in [5.41, 5.74) is 3.66. The maximum atomic E-state index is 12.7. The second kappa shape index (κ2) is 8.85. The zero-order chi connectivity index (χ0) is 21.1. The van der Waals surface area contributed by atoms with Crippen LogP contribution in [-0.2, 0) is 11.3 Å². The van der Waals surface area contributed by atoms with E-state index >= 15 is 0 Å². The number of carbonyl (C=O) groups is 2. The van der Waals surface area contributed by atoms with Crippen molar-refractivity contribution in [3.05, 3.63) is 53.1 Å². The highest BCUT2D eigenvalue weighted by molar-refractivity contribution is 6.04. The molecule has 0 bridgehead atoms. The molecule has 2 aliphatic heterocycles. The molecule has 2 heterocycles. The third-order valence-electron chi connectivity index (χ3n) is 5.94. The minimum Gasteiger partial charge on any atom is -0.454 e. The Hall–Kier alpha value is -2.90. The molecule has 7 heteroatoms. The molecule has 158 valence electrons. The summed E-state index contributed by atoms with van der Waals surface area (Å²) in [7, 11) is 0. The highest BCUT2D eigenvalue weighted by atomic mass is 16.7. The van der Waals surface area contributed by atoms with Crippen LogP contribution in [0.4, 0.5) is 5.69 Å². The van der Waals surface area contributed by atoms with Gasteiger partial charge in [-0.15, -0.1) is 0 Å². The summed E-state index contributed by atoms with van der Waals surface area (Å²) in [6, 6.07) is 11.8. The van der Waals surface area contributed by atoms with Crippen LogP contribution in [0.5, 0.6) is 11.5 Å². The molecule has 0 aromatic heterocycles. The van der Waals surface area contributed by atoms with Gasteiger partial charge in [-0.25, -0.2) is 0 Å². The summed E-state index contributed by atoms with van der Waals surface area (Å²) < 4.78 is 10.7. The number of Topliss-reactive ketones (excluding diaryl/α,β-unsaturated/α-hetero) is 1. The van der Waals surface area contributed by atoms with Crippen LogP contribution in [0, 0.1) is 6.92 Å². The second-order valence-electron chi connectivity index (χ2n) is 8.14. The smallest absolute Gasteiger partial charge is 0.279 e. The molecule has 3 N–H and O–H groups in total. The van der Waals surface area contributed by atoms with Gasteiger partial charge in [0.05, 0.1) is 5.69 Å². The molecule has 30 heavy (non-hydrogen) atoms. The molecule has 0 unspecified atom stereocenters. The van der Waals surface area contributed by atoms with Crippen LogP contribution in [0.1, 0.15) is 28.4 Å². The lowest BCUT2D eigenvalue weighted by Crippen LogP contribution is -3.28. The van der Waals surface area contributed by atoms with E-state index in [-0.39, 0.29) is 18.5 Å². The number of rotatable bonds is 6. The highest BCUT2D eigenvalue weighted by Crippen LogP contribution is 2.37. The average molecular weight is 412 g/mol. The van der Waals surface area contributed by atoms with Crippen LogP contribution in [0.25, 0.3) is 0 Å². The summed E-state index contributed by atoms with van der Waals surface area (Å²) in [4.78, 5) is 27.5. The third kappa shape index (κ3) is 4.63. The standard InChI is InChI=1S/C23H27N3O4/c1-16-5-3-4-6-18(16)13-25-7-9-26(10-8-25)14-23(28)24-20-12-22-21(29-15-30-22)11-19(20)17(2)27/h3-6,11-12H,7-10,13-15H2,1-2H3,(H,24,28)/p+2. The molecule has 1 fully saturated rings. The Morgan fingerprint density at radius 1 is 1.00 bits per heavy atom. The fourth-order valence-corrected chi connectivity index (χ4v) is 4.15. The minimum absolute atomic E-state index is 0.0891. The quantitative estimate of drug-likeness (QED) is 0.578. The van der Waals surface area contributed by atoms with Gasteiger partial charge in [0, 0.05) is 17.2 Å². The molecule has 1 amide bonds. The molecule has 4 rings (SSSR count). The summed E-state index contributed by atoms with van der Waals surface area (Å²) in [6.07, 6.45) is 0. The van der Waals surface area contributed by atoms with Crippen LogP contribution in [0.3, 0.4) is 0 Å². The van der Waals surface area contributed by atoms with Crippen molar-refractivity contribution in [3.8, 4) is 11.5 Å². The second-order valence-corrected chi connectivity index (χ2v) is 8.14. The first-order chi connectivity index (χ1) is 14.5. The molecule has 0 saturated carbocycles. The van der Waals surface area contributed by atoms with Gasteiger partial charge in [-0.05, 0) is 25.5 Å². The van der Waals surface area contributed by atoms with E-state index in [2.05, 4.69) is 36.5 Å². The molecular weight excluding hydrogens is 382 g/mol. The van der Waals surface area contributed by atoms with Crippen molar-refractivity contribution >= 4 is 17.4 Å². The number of ether oxygens (including phenoxy) is 2. The first-order valence-electron chi connectivity index (χ1n) is 10.5. The van der Waals surface area contributed by atoms with Crippen LogP contribution in [0.2, 0.25) is 0 Å². The summed E-state index contributed by atoms with van der Waals surface area (Å²) in [6.45, 7) is 9.18. The number of hydrogen-bond acceptors (Lipinski definition) is 4. The lowest BCUT2D eigenvalue weighted by atomic mass is 10.1. The molecule has 2 aromatic carbocycles. The van der Waals surface area contributed by atoms with Gasteiger partial charge in [-0.2, -0.15) is 0 Å². The third-order valence-corrected chi connectivity index (χ3v) is 5.94. The van der Waals surface area contributed by atoms with Crippen molar-refractivity contribution in [2.45, 2.75) is 20.4 Å². The van der Waals surface area contributed by atoms with E-state index in [1.165, 1.54) is 23.0 Å². The van der Waals surface area contributed by atoms with Crippen molar-refractivity contribution in [1.82, 2.24) is 0 Å². The van der Waals surface area contributed by atoms with Crippen LogP contribution < -0.4 is 24.6 Å². The first-order valence-corrected chi connectivity index (χ1v) is 10.5. The van der Waals surface area contributed by atoms with E-state index in [0.29, 0.717) is 29.3 Å². The highest BCUT2D eigenvalue weighted by Gasteiger charge is 2.26. The molecule has 2 aromatic rings. The first kappa shape index (κ1) is 20.4. The number of benzene rings is 2. The Morgan fingerprint density at radius 3 is 2.37 bits per heavy atom. The Balaban J connectivity index is 1.31. The number of ketones is 1. The Labute approximate surface area is 176 Å². The number of anilines is 1. The molecule has 0 spiro atoms. The SMILES string of the molecule is CC(=O)c1cc2c(cc1NC(=O)C[NH+]1CC[NH+](Cc3ccccc3C)CC1)OCO2. The average Bonchev–Trinajstić information content (AvgIpc) is 3.18. The Kier molecular flexibility index (Phi) is 6.01. The summed E-state index contributed by atoms with van der Waals surface area (Å²) in [5, 5.41) is 2.90. The van der Waals surface area contributed by atoms with E-state index in [4.69, 9.17) is 9.47 Å². The Bertz CT molecular complexity index is 951.